The minimum Gasteiger partial charge on any atom is -0.438 e. The lowest BCUT2D eigenvalue weighted by molar-refractivity contribution is -0.0658. The molecule has 1 amide bonds. The van der Waals surface area contributed by atoms with Gasteiger partial charge in [0.25, 0.3) is 0 Å². The molecule has 1 aliphatic rings. The quantitative estimate of drug-likeness (QED) is 0.390. The van der Waals surface area contributed by atoms with Gasteiger partial charge in [-0.05, 0) is 54.3 Å². The normalized spacial score (nSPS) is 19.3. The number of benzene rings is 3. The molecule has 172 valence electrons. The second-order valence-electron chi connectivity index (χ2n) is 8.48. The van der Waals surface area contributed by atoms with Gasteiger partial charge in [-0.25, -0.2) is 18.0 Å². The molecule has 0 unspecified atom stereocenters. The predicted molar refractivity (Wildman–Crippen MR) is 121 cm³/mol. The molecule has 0 aromatic heterocycles. The van der Waals surface area contributed by atoms with Gasteiger partial charge in [-0.2, -0.15) is 0 Å². The van der Waals surface area contributed by atoms with Crippen molar-refractivity contribution in [1.82, 2.24) is 4.90 Å². The summed E-state index contributed by atoms with van der Waals surface area (Å²) in [6, 6.07) is 16.6. The molecule has 1 fully saturated rings. The third-order valence-corrected chi connectivity index (χ3v) is 6.40. The smallest absolute Gasteiger partial charge is 0.411 e. The lowest BCUT2D eigenvalue weighted by Gasteiger charge is -2.43. The van der Waals surface area contributed by atoms with E-state index in [0.717, 1.165) is 23.6 Å². The Morgan fingerprint density at radius 3 is 2.24 bits per heavy atom. The SMILES string of the molecule is CCC[C@]1(c2ccc(F)cc2)CCN([C@@H](C)c2ccc(-c3ccc(F)cc3F)cc2)C(=O)O1. The van der Waals surface area contributed by atoms with E-state index in [1.54, 1.807) is 29.2 Å². The molecular weight excluding hydrogens is 427 g/mol. The number of carbonyl (C=O) groups is 1. The van der Waals surface area contributed by atoms with Crippen LogP contribution in [0.2, 0.25) is 0 Å². The zero-order chi connectivity index (χ0) is 23.6. The fourth-order valence-corrected chi connectivity index (χ4v) is 4.55. The molecule has 0 spiro atoms. The minimum absolute atomic E-state index is 0.252. The van der Waals surface area contributed by atoms with Gasteiger partial charge < -0.3 is 9.64 Å². The molecule has 0 saturated carbocycles. The highest BCUT2D eigenvalue weighted by atomic mass is 19.1. The topological polar surface area (TPSA) is 29.5 Å². The molecule has 6 heteroatoms. The zero-order valence-corrected chi connectivity index (χ0v) is 18.7. The van der Waals surface area contributed by atoms with Crippen LogP contribution in [0.5, 0.6) is 0 Å². The van der Waals surface area contributed by atoms with Crippen molar-refractivity contribution in [3.63, 3.8) is 0 Å². The standard InChI is InChI=1S/C27H26F3NO2/c1-3-14-27(21-8-10-22(28)11-9-21)15-16-31(26(32)33-27)18(2)19-4-6-20(7-5-19)24-13-12-23(29)17-25(24)30/h4-13,17-18H,3,14-16H2,1-2H3/t18-,27+/m0/s1. The maximum atomic E-state index is 14.1. The Bertz CT molecular complexity index is 1130. The number of amides is 1. The van der Waals surface area contributed by atoms with Gasteiger partial charge in [-0.3, -0.25) is 0 Å². The summed E-state index contributed by atoms with van der Waals surface area (Å²) in [6.45, 7) is 4.44. The van der Waals surface area contributed by atoms with Crippen LogP contribution in [0, 0.1) is 17.5 Å². The summed E-state index contributed by atoms with van der Waals surface area (Å²) in [7, 11) is 0. The van der Waals surface area contributed by atoms with Gasteiger partial charge >= 0.3 is 6.09 Å². The minimum atomic E-state index is -0.764. The Balaban J connectivity index is 1.52. The van der Waals surface area contributed by atoms with E-state index in [-0.39, 0.29) is 11.9 Å². The van der Waals surface area contributed by atoms with Gasteiger partial charge in [0.05, 0.1) is 6.04 Å². The Labute approximate surface area is 191 Å². The van der Waals surface area contributed by atoms with Crippen LogP contribution in [0.1, 0.15) is 50.3 Å². The summed E-state index contributed by atoms with van der Waals surface area (Å²) >= 11 is 0. The van der Waals surface area contributed by atoms with Gasteiger partial charge in [0, 0.05) is 24.6 Å². The Kier molecular flexibility index (Phi) is 6.45. The van der Waals surface area contributed by atoms with Crippen LogP contribution in [0.4, 0.5) is 18.0 Å². The first kappa shape index (κ1) is 22.9. The maximum Gasteiger partial charge on any atom is 0.411 e. The molecule has 0 radical (unpaired) electrons. The molecule has 1 saturated heterocycles. The molecule has 2 atom stereocenters. The Morgan fingerprint density at radius 1 is 0.970 bits per heavy atom. The second-order valence-corrected chi connectivity index (χ2v) is 8.48. The van der Waals surface area contributed by atoms with E-state index in [9.17, 15) is 18.0 Å². The van der Waals surface area contributed by atoms with Crippen LogP contribution in [-0.2, 0) is 10.3 Å². The van der Waals surface area contributed by atoms with Crippen molar-refractivity contribution in [2.45, 2.75) is 44.8 Å². The van der Waals surface area contributed by atoms with E-state index < -0.39 is 23.3 Å². The molecule has 4 rings (SSSR count). The van der Waals surface area contributed by atoms with Crippen LogP contribution in [0.3, 0.4) is 0 Å². The van der Waals surface area contributed by atoms with Crippen molar-refractivity contribution in [3.8, 4) is 11.1 Å². The van der Waals surface area contributed by atoms with E-state index >= 15 is 0 Å². The average molecular weight is 454 g/mol. The summed E-state index contributed by atoms with van der Waals surface area (Å²) in [5.74, 6) is -1.57. The van der Waals surface area contributed by atoms with Crippen molar-refractivity contribution in [3.05, 3.63) is 95.3 Å². The summed E-state index contributed by atoms with van der Waals surface area (Å²) in [5.41, 5.74) is 1.86. The third kappa shape index (κ3) is 4.61. The van der Waals surface area contributed by atoms with E-state index in [0.29, 0.717) is 30.5 Å². The molecule has 1 heterocycles. The fourth-order valence-electron chi connectivity index (χ4n) is 4.55. The number of hydrogen-bond donors (Lipinski definition) is 0. The molecule has 0 N–H and O–H groups in total. The number of halogens is 3. The van der Waals surface area contributed by atoms with Gasteiger partial charge in [0.2, 0.25) is 0 Å². The number of carbonyl (C=O) groups excluding carboxylic acids is 1. The van der Waals surface area contributed by atoms with Crippen molar-refractivity contribution in [1.29, 1.82) is 0 Å². The van der Waals surface area contributed by atoms with Gasteiger partial charge in [0.15, 0.2) is 0 Å². The number of ether oxygens (including phenoxy) is 1. The van der Waals surface area contributed by atoms with Gasteiger partial charge in [-0.1, -0.05) is 49.7 Å². The van der Waals surface area contributed by atoms with Gasteiger partial charge in [0.1, 0.15) is 23.1 Å². The van der Waals surface area contributed by atoms with E-state index in [1.165, 1.54) is 24.3 Å². The molecule has 3 nitrogen and oxygen atoms in total. The average Bonchev–Trinajstić information content (AvgIpc) is 2.79. The second kappa shape index (κ2) is 9.30. The number of rotatable bonds is 6. The lowest BCUT2D eigenvalue weighted by atomic mass is 9.84. The van der Waals surface area contributed by atoms with Crippen molar-refractivity contribution in [2.75, 3.05) is 6.54 Å². The Hall–Kier alpha value is -3.28. The van der Waals surface area contributed by atoms with E-state index in [4.69, 9.17) is 4.74 Å². The predicted octanol–water partition coefficient (Wildman–Crippen LogP) is 7.37. The van der Waals surface area contributed by atoms with Crippen LogP contribution < -0.4 is 0 Å². The van der Waals surface area contributed by atoms with Crippen LogP contribution in [-0.4, -0.2) is 17.5 Å². The maximum absolute atomic E-state index is 14.1. The number of nitrogens with zero attached hydrogens (tertiary/aromatic N) is 1. The molecule has 1 aliphatic heterocycles. The summed E-state index contributed by atoms with van der Waals surface area (Å²) in [5, 5.41) is 0. The molecule has 0 aliphatic carbocycles. The zero-order valence-electron chi connectivity index (χ0n) is 18.7. The van der Waals surface area contributed by atoms with E-state index in [1.807, 2.05) is 26.0 Å². The van der Waals surface area contributed by atoms with Crippen molar-refractivity contribution in [2.24, 2.45) is 0 Å². The molecule has 3 aromatic rings. The highest BCUT2D eigenvalue weighted by Crippen LogP contribution is 2.40. The lowest BCUT2D eigenvalue weighted by Crippen LogP contribution is -2.48. The summed E-state index contributed by atoms with van der Waals surface area (Å²) in [4.78, 5) is 14.7. The molecule has 3 aromatic carbocycles. The Morgan fingerprint density at radius 2 is 1.64 bits per heavy atom. The van der Waals surface area contributed by atoms with Crippen molar-refractivity contribution < 1.29 is 22.7 Å². The van der Waals surface area contributed by atoms with Crippen molar-refractivity contribution >= 4 is 6.09 Å². The third-order valence-electron chi connectivity index (χ3n) is 6.40. The van der Waals surface area contributed by atoms with E-state index in [2.05, 4.69) is 0 Å². The van der Waals surface area contributed by atoms with Crippen LogP contribution in [0.15, 0.2) is 66.7 Å². The number of hydrogen-bond acceptors (Lipinski definition) is 2. The van der Waals surface area contributed by atoms with Crippen LogP contribution in [0.25, 0.3) is 11.1 Å². The highest BCUT2D eigenvalue weighted by Gasteiger charge is 2.42. The molecule has 0 bridgehead atoms. The first-order chi connectivity index (χ1) is 15.8. The number of cyclic esters (lactones) is 1. The highest BCUT2D eigenvalue weighted by molar-refractivity contribution is 5.70. The van der Waals surface area contributed by atoms with Crippen LogP contribution >= 0.6 is 0 Å². The van der Waals surface area contributed by atoms with Gasteiger partial charge in [-0.15, -0.1) is 0 Å². The first-order valence-corrected chi connectivity index (χ1v) is 11.1. The largest absolute Gasteiger partial charge is 0.438 e. The summed E-state index contributed by atoms with van der Waals surface area (Å²) in [6.07, 6.45) is 1.66. The fraction of sp³-hybridized carbons (Fsp3) is 0.296. The molecular formula is C27H26F3NO2. The monoisotopic (exact) mass is 453 g/mol. The summed E-state index contributed by atoms with van der Waals surface area (Å²) < 4.78 is 46.7. The first-order valence-electron chi connectivity index (χ1n) is 11.1. The molecule has 33 heavy (non-hydrogen) atoms.